The van der Waals surface area contributed by atoms with Crippen molar-refractivity contribution in [3.8, 4) is 0 Å². The molecule has 1 unspecified atom stereocenters. The summed E-state index contributed by atoms with van der Waals surface area (Å²) < 4.78 is 0. The molecule has 0 bridgehead atoms. The van der Waals surface area contributed by atoms with Crippen LogP contribution in [0, 0.1) is 11.3 Å². The number of aliphatic carboxylic acids is 1. The molecule has 0 aromatic rings. The summed E-state index contributed by atoms with van der Waals surface area (Å²) in [5.74, 6) is -0.0705. The van der Waals surface area contributed by atoms with Crippen LogP contribution in [0.1, 0.15) is 46.5 Å². The van der Waals surface area contributed by atoms with Crippen LogP contribution in [0.3, 0.4) is 0 Å². The van der Waals surface area contributed by atoms with Crippen LogP contribution >= 0.6 is 11.8 Å². The number of hydrogen-bond acceptors (Lipinski definition) is 4. The minimum absolute atomic E-state index is 0.102. The van der Waals surface area contributed by atoms with Gasteiger partial charge in [-0.05, 0) is 49.1 Å². The summed E-state index contributed by atoms with van der Waals surface area (Å²) in [6.45, 7) is 7.03. The second kappa shape index (κ2) is 10.1. The van der Waals surface area contributed by atoms with Crippen molar-refractivity contribution in [3.63, 3.8) is 0 Å². The molecular weight excluding hydrogens is 288 g/mol. The Morgan fingerprint density at radius 1 is 1.24 bits per heavy atom. The van der Waals surface area contributed by atoms with Gasteiger partial charge in [-0.2, -0.15) is 11.8 Å². The van der Waals surface area contributed by atoms with Crippen LogP contribution in [0.25, 0.3) is 0 Å². The first kappa shape index (κ1) is 20.2. The summed E-state index contributed by atoms with van der Waals surface area (Å²) in [5, 5.41) is 11.7. The maximum atomic E-state index is 11.9. The van der Waals surface area contributed by atoms with E-state index in [4.69, 9.17) is 10.8 Å². The first-order valence-corrected chi connectivity index (χ1v) is 8.83. The average Bonchev–Trinajstić information content (AvgIpc) is 2.37. The Morgan fingerprint density at radius 2 is 1.86 bits per heavy atom. The normalized spacial score (nSPS) is 14.5. The molecule has 0 fully saturated rings. The third-order valence-corrected chi connectivity index (χ3v) is 4.35. The molecule has 5 nitrogen and oxygen atoms in total. The molecule has 0 heterocycles. The van der Waals surface area contributed by atoms with Crippen LogP contribution < -0.4 is 11.1 Å². The zero-order chi connectivity index (χ0) is 16.5. The van der Waals surface area contributed by atoms with E-state index in [9.17, 15) is 9.59 Å². The Bertz CT molecular complexity index is 329. The molecule has 0 rings (SSSR count). The fourth-order valence-corrected chi connectivity index (χ4v) is 2.75. The third-order valence-electron chi connectivity index (χ3n) is 3.70. The number of carbonyl (C=O) groups excluding carboxylic acids is 1. The predicted molar refractivity (Wildman–Crippen MR) is 88.4 cm³/mol. The van der Waals surface area contributed by atoms with Gasteiger partial charge in [0.05, 0.1) is 0 Å². The molecule has 6 heteroatoms. The second-order valence-corrected chi connectivity index (χ2v) is 7.40. The van der Waals surface area contributed by atoms with E-state index in [0.717, 1.165) is 18.6 Å². The van der Waals surface area contributed by atoms with Crippen molar-refractivity contribution >= 4 is 23.6 Å². The summed E-state index contributed by atoms with van der Waals surface area (Å²) in [6, 6.07) is -0.785. The molecule has 0 radical (unpaired) electrons. The molecule has 0 spiro atoms. The van der Waals surface area contributed by atoms with E-state index in [0.29, 0.717) is 25.3 Å². The van der Waals surface area contributed by atoms with Gasteiger partial charge in [-0.1, -0.05) is 20.8 Å². The number of carboxylic acid groups (broad SMARTS) is 1. The van der Waals surface area contributed by atoms with Crippen molar-refractivity contribution in [2.24, 2.45) is 17.1 Å². The Labute approximate surface area is 132 Å². The number of hydrogen-bond donors (Lipinski definition) is 3. The van der Waals surface area contributed by atoms with Crippen LogP contribution in [0.15, 0.2) is 0 Å². The first-order valence-electron chi connectivity index (χ1n) is 7.43. The number of amides is 1. The fraction of sp³-hybridized carbons (Fsp3) is 0.867. The molecule has 1 amide bonds. The van der Waals surface area contributed by atoms with Crippen LogP contribution in [0.4, 0.5) is 0 Å². The van der Waals surface area contributed by atoms with E-state index in [1.165, 1.54) is 0 Å². The van der Waals surface area contributed by atoms with Crippen molar-refractivity contribution in [1.29, 1.82) is 0 Å². The molecule has 0 aliphatic heterocycles. The minimum Gasteiger partial charge on any atom is -0.480 e. The lowest BCUT2D eigenvalue weighted by Gasteiger charge is -2.30. The highest BCUT2D eigenvalue weighted by molar-refractivity contribution is 7.98. The van der Waals surface area contributed by atoms with Crippen molar-refractivity contribution in [2.75, 3.05) is 18.6 Å². The minimum atomic E-state index is -0.966. The SMILES string of the molecule is CSCC[C@H](NC(=O)CCC(CCN)C(C)(C)C)C(=O)O. The molecule has 2 atom stereocenters. The molecule has 0 aromatic heterocycles. The van der Waals surface area contributed by atoms with E-state index in [1.807, 2.05) is 6.26 Å². The van der Waals surface area contributed by atoms with Gasteiger partial charge in [-0.3, -0.25) is 4.79 Å². The number of nitrogens with one attached hydrogen (secondary N) is 1. The van der Waals surface area contributed by atoms with Crippen LogP contribution in [0.5, 0.6) is 0 Å². The van der Waals surface area contributed by atoms with Crippen LogP contribution in [-0.4, -0.2) is 41.6 Å². The second-order valence-electron chi connectivity index (χ2n) is 6.42. The topological polar surface area (TPSA) is 92.4 Å². The van der Waals surface area contributed by atoms with Gasteiger partial charge in [0.2, 0.25) is 5.91 Å². The summed E-state index contributed by atoms with van der Waals surface area (Å²) >= 11 is 1.57. The van der Waals surface area contributed by atoms with Gasteiger partial charge in [0.15, 0.2) is 0 Å². The summed E-state index contributed by atoms with van der Waals surface area (Å²) in [4.78, 5) is 23.0. The maximum absolute atomic E-state index is 11.9. The Balaban J connectivity index is 4.36. The first-order chi connectivity index (χ1) is 9.72. The monoisotopic (exact) mass is 318 g/mol. The van der Waals surface area contributed by atoms with Gasteiger partial charge >= 0.3 is 5.97 Å². The molecular formula is C15H30N2O3S. The van der Waals surface area contributed by atoms with Crippen LogP contribution in [-0.2, 0) is 9.59 Å². The lowest BCUT2D eigenvalue weighted by atomic mass is 9.76. The van der Waals surface area contributed by atoms with E-state index in [2.05, 4.69) is 26.1 Å². The maximum Gasteiger partial charge on any atom is 0.326 e. The van der Waals surface area contributed by atoms with Crippen LogP contribution in [0.2, 0.25) is 0 Å². The lowest BCUT2D eigenvalue weighted by Crippen LogP contribution is -2.41. The molecule has 0 aromatic carbocycles. The highest BCUT2D eigenvalue weighted by atomic mass is 32.2. The van der Waals surface area contributed by atoms with Crippen molar-refractivity contribution < 1.29 is 14.7 Å². The Kier molecular flexibility index (Phi) is 9.70. The van der Waals surface area contributed by atoms with Crippen molar-refractivity contribution in [3.05, 3.63) is 0 Å². The molecule has 0 saturated carbocycles. The van der Waals surface area contributed by atoms with Gasteiger partial charge < -0.3 is 16.2 Å². The van der Waals surface area contributed by atoms with Gasteiger partial charge in [0, 0.05) is 6.42 Å². The number of rotatable bonds is 10. The molecule has 0 aliphatic carbocycles. The highest BCUT2D eigenvalue weighted by Crippen LogP contribution is 2.32. The summed E-state index contributed by atoms with van der Waals surface area (Å²) in [6.07, 6.45) is 4.34. The van der Waals surface area contributed by atoms with Gasteiger partial charge in [0.1, 0.15) is 6.04 Å². The Hall–Kier alpha value is -0.750. The van der Waals surface area contributed by atoms with Gasteiger partial charge in [0.25, 0.3) is 0 Å². The smallest absolute Gasteiger partial charge is 0.326 e. The standard InChI is InChI=1S/C15H30N2O3S/c1-15(2,3)11(7-9-16)5-6-13(18)17-12(14(19)20)8-10-21-4/h11-12H,5-10,16H2,1-4H3,(H,17,18)(H,19,20)/t11?,12-/m0/s1. The molecule has 4 N–H and O–H groups in total. The Morgan fingerprint density at radius 3 is 2.29 bits per heavy atom. The molecule has 0 saturated heterocycles. The number of carbonyl (C=O) groups is 2. The zero-order valence-electron chi connectivity index (χ0n) is 13.6. The third kappa shape index (κ3) is 8.98. The quantitative estimate of drug-likeness (QED) is 0.573. The molecule has 0 aliphatic rings. The van der Waals surface area contributed by atoms with Gasteiger partial charge in [-0.25, -0.2) is 4.79 Å². The summed E-state index contributed by atoms with van der Waals surface area (Å²) in [5.41, 5.74) is 5.73. The fourth-order valence-electron chi connectivity index (χ4n) is 2.28. The molecule has 21 heavy (non-hydrogen) atoms. The molecule has 124 valence electrons. The van der Waals surface area contributed by atoms with Crippen molar-refractivity contribution in [2.45, 2.75) is 52.5 Å². The number of thioether (sulfide) groups is 1. The number of carboxylic acids is 1. The van der Waals surface area contributed by atoms with Gasteiger partial charge in [-0.15, -0.1) is 0 Å². The largest absolute Gasteiger partial charge is 0.480 e. The predicted octanol–water partition coefficient (Wildman–Crippen LogP) is 2.10. The van der Waals surface area contributed by atoms with E-state index in [1.54, 1.807) is 11.8 Å². The van der Waals surface area contributed by atoms with E-state index >= 15 is 0 Å². The average molecular weight is 318 g/mol. The summed E-state index contributed by atoms with van der Waals surface area (Å²) in [7, 11) is 0. The highest BCUT2D eigenvalue weighted by Gasteiger charge is 2.25. The van der Waals surface area contributed by atoms with E-state index in [-0.39, 0.29) is 11.3 Å². The van der Waals surface area contributed by atoms with E-state index < -0.39 is 12.0 Å². The lowest BCUT2D eigenvalue weighted by molar-refractivity contribution is -0.141. The number of nitrogens with two attached hydrogens (primary N) is 1. The zero-order valence-corrected chi connectivity index (χ0v) is 14.5. The van der Waals surface area contributed by atoms with Crippen molar-refractivity contribution in [1.82, 2.24) is 5.32 Å².